The maximum Gasteiger partial charge on any atom is 0.260 e. The topological polar surface area (TPSA) is 86.3 Å². The SMILES string of the molecule is COc1ccc(CCNC(=O)[C@H]2CS[C@H]3c4ccc(OC)c(OC)c4C(=O)N23)cc1OC. The molecular weight excluding hydrogens is 432 g/mol. The first-order valence-electron chi connectivity index (χ1n) is 10.2. The van der Waals surface area contributed by atoms with Gasteiger partial charge in [0.1, 0.15) is 11.4 Å². The summed E-state index contributed by atoms with van der Waals surface area (Å²) in [6, 6.07) is 8.82. The standard InChI is InChI=1S/C23H26N2O6S/c1-28-16-7-5-13(11-18(16)30-3)9-10-24-21(26)15-12-32-23-14-6-8-17(29-2)20(31-4)19(14)22(27)25(15)23/h5-8,11,15,23H,9-10,12H2,1-4H3,(H,24,26)/t15-,23+/m1/s1. The zero-order valence-corrected chi connectivity index (χ0v) is 19.3. The lowest BCUT2D eigenvalue weighted by molar-refractivity contribution is -0.124. The van der Waals surface area contributed by atoms with E-state index < -0.39 is 6.04 Å². The van der Waals surface area contributed by atoms with Crippen molar-refractivity contribution in [3.05, 3.63) is 47.0 Å². The van der Waals surface area contributed by atoms with Gasteiger partial charge >= 0.3 is 0 Å². The number of nitrogens with one attached hydrogen (secondary N) is 1. The number of amides is 2. The van der Waals surface area contributed by atoms with E-state index in [1.54, 1.807) is 36.9 Å². The van der Waals surface area contributed by atoms with Gasteiger partial charge in [-0.25, -0.2) is 0 Å². The molecule has 1 fully saturated rings. The predicted molar refractivity (Wildman–Crippen MR) is 121 cm³/mol. The van der Waals surface area contributed by atoms with Gasteiger partial charge in [0.25, 0.3) is 5.91 Å². The number of hydrogen-bond acceptors (Lipinski definition) is 7. The van der Waals surface area contributed by atoms with E-state index in [2.05, 4.69) is 5.32 Å². The number of carbonyl (C=O) groups excluding carboxylic acids is 2. The fourth-order valence-corrected chi connectivity index (χ4v) is 5.63. The van der Waals surface area contributed by atoms with E-state index in [9.17, 15) is 9.59 Å². The third-order valence-electron chi connectivity index (χ3n) is 5.76. The highest BCUT2D eigenvalue weighted by atomic mass is 32.2. The van der Waals surface area contributed by atoms with Crippen LogP contribution in [0.15, 0.2) is 30.3 Å². The van der Waals surface area contributed by atoms with Gasteiger partial charge < -0.3 is 29.2 Å². The largest absolute Gasteiger partial charge is 0.493 e. The summed E-state index contributed by atoms with van der Waals surface area (Å²) in [7, 11) is 6.23. The van der Waals surface area contributed by atoms with Gasteiger partial charge in [-0.1, -0.05) is 12.1 Å². The highest BCUT2D eigenvalue weighted by Crippen LogP contribution is 2.52. The summed E-state index contributed by atoms with van der Waals surface area (Å²) in [6.45, 7) is 0.451. The van der Waals surface area contributed by atoms with Crippen LogP contribution in [0.5, 0.6) is 23.0 Å². The van der Waals surface area contributed by atoms with E-state index in [0.717, 1.165) is 11.1 Å². The Morgan fingerprint density at radius 1 is 1.03 bits per heavy atom. The summed E-state index contributed by atoms with van der Waals surface area (Å²) < 4.78 is 21.4. The maximum absolute atomic E-state index is 13.2. The van der Waals surface area contributed by atoms with Gasteiger partial charge in [0.2, 0.25) is 5.91 Å². The molecular formula is C23H26N2O6S. The molecule has 2 aromatic carbocycles. The molecule has 2 atom stereocenters. The van der Waals surface area contributed by atoms with Gasteiger partial charge in [-0.3, -0.25) is 9.59 Å². The van der Waals surface area contributed by atoms with E-state index in [4.69, 9.17) is 18.9 Å². The lowest BCUT2D eigenvalue weighted by Gasteiger charge is -2.22. The monoisotopic (exact) mass is 458 g/mol. The van der Waals surface area contributed by atoms with Gasteiger partial charge in [0, 0.05) is 17.9 Å². The number of hydrogen-bond donors (Lipinski definition) is 1. The lowest BCUT2D eigenvalue weighted by atomic mass is 10.1. The molecule has 2 amide bonds. The molecule has 2 aromatic rings. The number of carbonyl (C=O) groups is 2. The van der Waals surface area contributed by atoms with Gasteiger partial charge in [-0.15, -0.1) is 11.8 Å². The number of benzene rings is 2. The van der Waals surface area contributed by atoms with Crippen molar-refractivity contribution in [3.63, 3.8) is 0 Å². The van der Waals surface area contributed by atoms with Crippen molar-refractivity contribution in [2.24, 2.45) is 0 Å². The van der Waals surface area contributed by atoms with Crippen LogP contribution >= 0.6 is 11.8 Å². The van der Waals surface area contributed by atoms with E-state index in [0.29, 0.717) is 47.3 Å². The minimum absolute atomic E-state index is 0.160. The maximum atomic E-state index is 13.2. The highest BCUT2D eigenvalue weighted by Gasteiger charge is 2.50. The van der Waals surface area contributed by atoms with Crippen LogP contribution in [0.1, 0.15) is 26.9 Å². The third kappa shape index (κ3) is 3.70. The zero-order valence-electron chi connectivity index (χ0n) is 18.5. The fraction of sp³-hybridized carbons (Fsp3) is 0.391. The quantitative estimate of drug-likeness (QED) is 0.651. The Morgan fingerprint density at radius 3 is 2.44 bits per heavy atom. The van der Waals surface area contributed by atoms with Gasteiger partial charge in [-0.05, 0) is 30.2 Å². The van der Waals surface area contributed by atoms with Crippen LogP contribution in [0.2, 0.25) is 0 Å². The first kappa shape index (κ1) is 22.1. The number of fused-ring (bicyclic) bond motifs is 3. The van der Waals surface area contributed by atoms with Gasteiger partial charge in [0.15, 0.2) is 23.0 Å². The van der Waals surface area contributed by atoms with E-state index in [1.165, 1.54) is 14.2 Å². The fourth-order valence-electron chi connectivity index (χ4n) is 4.18. The summed E-state index contributed by atoms with van der Waals surface area (Å²) in [5.74, 6) is 2.41. The minimum Gasteiger partial charge on any atom is -0.493 e. The molecule has 0 radical (unpaired) electrons. The highest BCUT2D eigenvalue weighted by molar-refractivity contribution is 7.99. The van der Waals surface area contributed by atoms with E-state index >= 15 is 0 Å². The number of methoxy groups -OCH3 is 4. The molecule has 0 aromatic heterocycles. The Bertz CT molecular complexity index is 1040. The Hall–Kier alpha value is -3.07. The number of rotatable bonds is 8. The second kappa shape index (κ2) is 9.20. The first-order chi connectivity index (χ1) is 15.5. The van der Waals surface area contributed by atoms with E-state index in [1.807, 2.05) is 24.3 Å². The smallest absolute Gasteiger partial charge is 0.260 e. The molecule has 8 nitrogen and oxygen atoms in total. The van der Waals surface area contributed by atoms with Crippen LogP contribution in [-0.2, 0) is 11.2 Å². The summed E-state index contributed by atoms with van der Waals surface area (Å²) in [6.07, 6.45) is 0.634. The summed E-state index contributed by atoms with van der Waals surface area (Å²) in [4.78, 5) is 27.9. The van der Waals surface area contributed by atoms with Crippen molar-refractivity contribution >= 4 is 23.6 Å². The first-order valence-corrected chi connectivity index (χ1v) is 11.3. The summed E-state index contributed by atoms with van der Waals surface area (Å²) in [5.41, 5.74) is 2.36. The molecule has 2 heterocycles. The molecule has 9 heteroatoms. The van der Waals surface area contributed by atoms with Crippen molar-refractivity contribution in [2.45, 2.75) is 17.8 Å². The van der Waals surface area contributed by atoms with Crippen molar-refractivity contribution in [3.8, 4) is 23.0 Å². The average molecular weight is 459 g/mol. The van der Waals surface area contributed by atoms with Gasteiger partial charge in [0.05, 0.1) is 34.0 Å². The second-order valence-electron chi connectivity index (χ2n) is 7.41. The average Bonchev–Trinajstić information content (AvgIpc) is 3.38. The van der Waals surface area contributed by atoms with Crippen LogP contribution in [-0.4, -0.2) is 63.5 Å². The van der Waals surface area contributed by atoms with Crippen LogP contribution < -0.4 is 24.3 Å². The normalized spacial score (nSPS) is 18.8. The molecule has 0 saturated carbocycles. The molecule has 170 valence electrons. The molecule has 0 bridgehead atoms. The van der Waals surface area contributed by atoms with Crippen LogP contribution in [0.3, 0.4) is 0 Å². The molecule has 32 heavy (non-hydrogen) atoms. The minimum atomic E-state index is -0.536. The van der Waals surface area contributed by atoms with Crippen molar-refractivity contribution < 1.29 is 28.5 Å². The second-order valence-corrected chi connectivity index (χ2v) is 8.52. The molecule has 0 unspecified atom stereocenters. The van der Waals surface area contributed by atoms with Crippen molar-refractivity contribution in [1.82, 2.24) is 10.2 Å². The number of nitrogens with zero attached hydrogens (tertiary/aromatic N) is 1. The summed E-state index contributed by atoms with van der Waals surface area (Å²) in [5, 5.41) is 2.78. The molecule has 2 aliphatic heterocycles. The van der Waals surface area contributed by atoms with Crippen LogP contribution in [0.4, 0.5) is 0 Å². The zero-order chi connectivity index (χ0) is 22.8. The molecule has 4 rings (SSSR count). The van der Waals surface area contributed by atoms with Crippen LogP contribution in [0.25, 0.3) is 0 Å². The number of thioether (sulfide) groups is 1. The Kier molecular flexibility index (Phi) is 6.36. The molecule has 0 spiro atoms. The Balaban J connectivity index is 1.43. The summed E-state index contributed by atoms with van der Waals surface area (Å²) >= 11 is 1.58. The lowest BCUT2D eigenvalue weighted by Crippen LogP contribution is -2.46. The van der Waals surface area contributed by atoms with Crippen molar-refractivity contribution in [1.29, 1.82) is 0 Å². The van der Waals surface area contributed by atoms with Gasteiger partial charge in [-0.2, -0.15) is 0 Å². The molecule has 1 N–H and O–H groups in total. The molecule has 0 aliphatic carbocycles. The predicted octanol–water partition coefficient (Wildman–Crippen LogP) is 2.65. The van der Waals surface area contributed by atoms with Crippen LogP contribution in [0, 0.1) is 0 Å². The molecule has 1 saturated heterocycles. The van der Waals surface area contributed by atoms with E-state index in [-0.39, 0.29) is 17.2 Å². The number of ether oxygens (including phenoxy) is 4. The third-order valence-corrected chi connectivity index (χ3v) is 7.06. The van der Waals surface area contributed by atoms with Crippen molar-refractivity contribution in [2.75, 3.05) is 40.7 Å². The Morgan fingerprint density at radius 2 is 1.75 bits per heavy atom. The molecule has 2 aliphatic rings. The Labute approximate surface area is 191 Å².